The number of hydrogen-bond donors (Lipinski definition) is 0. The molecule has 0 radical (unpaired) electrons. The predicted octanol–water partition coefficient (Wildman–Crippen LogP) is 2.74. The van der Waals surface area contributed by atoms with E-state index in [1.54, 1.807) is 12.1 Å². The third kappa shape index (κ3) is 3.26. The summed E-state index contributed by atoms with van der Waals surface area (Å²) in [6, 6.07) is 4.40. The van der Waals surface area contributed by atoms with Gasteiger partial charge in [-0.15, -0.1) is 6.58 Å². The summed E-state index contributed by atoms with van der Waals surface area (Å²) in [5, 5.41) is 10.6. The van der Waals surface area contributed by atoms with Crippen LogP contribution in [0.5, 0.6) is 0 Å². The summed E-state index contributed by atoms with van der Waals surface area (Å²) in [4.78, 5) is 23.1. The highest BCUT2D eigenvalue weighted by Crippen LogP contribution is 2.27. The number of benzene rings is 1. The van der Waals surface area contributed by atoms with Gasteiger partial charge >= 0.3 is 0 Å². The van der Waals surface area contributed by atoms with Crippen molar-refractivity contribution in [1.29, 1.82) is 0 Å². The minimum absolute atomic E-state index is 0.0141. The van der Waals surface area contributed by atoms with Crippen LogP contribution in [0.25, 0.3) is 0 Å². The standard InChI is InChI=1S/C11H11IN2O3/c1-3-6-13(8(2)15)11-5-4-9(14(16)17)7-10(11)12/h3-5,7H,1,6H2,2H3. The third-order valence-electron chi connectivity index (χ3n) is 2.12. The molecule has 0 saturated heterocycles. The summed E-state index contributed by atoms with van der Waals surface area (Å²) in [7, 11) is 0. The van der Waals surface area contributed by atoms with E-state index < -0.39 is 4.92 Å². The molecule has 1 rings (SSSR count). The summed E-state index contributed by atoms with van der Waals surface area (Å²) in [6.45, 7) is 5.40. The average Bonchev–Trinajstić information content (AvgIpc) is 2.26. The molecule has 0 spiro atoms. The zero-order chi connectivity index (χ0) is 13.0. The number of nitrogens with zero attached hydrogens (tertiary/aromatic N) is 2. The highest BCUT2D eigenvalue weighted by molar-refractivity contribution is 14.1. The lowest BCUT2D eigenvalue weighted by Crippen LogP contribution is -2.29. The van der Waals surface area contributed by atoms with Crippen molar-refractivity contribution in [2.45, 2.75) is 6.92 Å². The van der Waals surface area contributed by atoms with Crippen LogP contribution in [0.1, 0.15) is 6.92 Å². The first-order valence-electron chi connectivity index (χ1n) is 4.80. The number of halogens is 1. The average molecular weight is 346 g/mol. The van der Waals surface area contributed by atoms with Crippen LogP contribution in [0.3, 0.4) is 0 Å². The molecule has 0 aliphatic heterocycles. The lowest BCUT2D eigenvalue weighted by molar-refractivity contribution is -0.384. The molecule has 0 fully saturated rings. The second-order valence-electron chi connectivity index (χ2n) is 3.31. The lowest BCUT2D eigenvalue weighted by atomic mass is 10.2. The van der Waals surface area contributed by atoms with Crippen molar-refractivity contribution in [3.05, 3.63) is 44.5 Å². The summed E-state index contributed by atoms with van der Waals surface area (Å²) in [5.74, 6) is -0.128. The van der Waals surface area contributed by atoms with Gasteiger partial charge in [-0.05, 0) is 28.7 Å². The van der Waals surface area contributed by atoms with E-state index in [4.69, 9.17) is 0 Å². The van der Waals surface area contributed by atoms with Gasteiger partial charge < -0.3 is 4.90 Å². The summed E-state index contributed by atoms with van der Waals surface area (Å²) < 4.78 is 0.661. The summed E-state index contributed by atoms with van der Waals surface area (Å²) in [5.41, 5.74) is 0.670. The van der Waals surface area contributed by atoms with Gasteiger partial charge in [0.05, 0.1) is 10.6 Å². The maximum Gasteiger partial charge on any atom is 0.270 e. The van der Waals surface area contributed by atoms with E-state index in [1.165, 1.54) is 24.0 Å². The fraction of sp³-hybridized carbons (Fsp3) is 0.182. The fourth-order valence-corrected chi connectivity index (χ4v) is 2.14. The van der Waals surface area contributed by atoms with Crippen LogP contribution in [0, 0.1) is 13.7 Å². The second kappa shape index (κ2) is 5.76. The quantitative estimate of drug-likeness (QED) is 0.365. The van der Waals surface area contributed by atoms with Crippen LogP contribution in [-0.2, 0) is 4.79 Å². The van der Waals surface area contributed by atoms with E-state index in [0.717, 1.165) is 0 Å². The van der Waals surface area contributed by atoms with Gasteiger partial charge in [-0.1, -0.05) is 6.08 Å². The van der Waals surface area contributed by atoms with Crippen LogP contribution in [0.4, 0.5) is 11.4 Å². The van der Waals surface area contributed by atoms with Gasteiger partial charge in [0.25, 0.3) is 5.69 Å². The topological polar surface area (TPSA) is 63.5 Å². The summed E-state index contributed by atoms with van der Waals surface area (Å²) >= 11 is 1.97. The monoisotopic (exact) mass is 346 g/mol. The van der Waals surface area contributed by atoms with Crippen molar-refractivity contribution in [2.75, 3.05) is 11.4 Å². The number of hydrogen-bond acceptors (Lipinski definition) is 3. The highest BCUT2D eigenvalue weighted by atomic mass is 127. The molecule has 0 unspecified atom stereocenters. The molecule has 0 N–H and O–H groups in total. The number of anilines is 1. The zero-order valence-electron chi connectivity index (χ0n) is 9.22. The maximum absolute atomic E-state index is 11.4. The predicted molar refractivity (Wildman–Crippen MR) is 74.0 cm³/mol. The fourth-order valence-electron chi connectivity index (χ4n) is 1.35. The Morgan fingerprint density at radius 2 is 2.29 bits per heavy atom. The molecule has 0 atom stereocenters. The molecule has 1 aromatic carbocycles. The molecular weight excluding hydrogens is 335 g/mol. The third-order valence-corrected chi connectivity index (χ3v) is 2.99. The first kappa shape index (κ1) is 13.6. The van der Waals surface area contributed by atoms with Crippen LogP contribution >= 0.6 is 22.6 Å². The van der Waals surface area contributed by atoms with E-state index in [1.807, 2.05) is 22.6 Å². The van der Waals surface area contributed by atoms with Crippen molar-refractivity contribution in [3.8, 4) is 0 Å². The molecule has 17 heavy (non-hydrogen) atoms. The van der Waals surface area contributed by atoms with Crippen molar-refractivity contribution >= 4 is 39.9 Å². The van der Waals surface area contributed by atoms with Crippen LogP contribution in [-0.4, -0.2) is 17.4 Å². The number of carbonyl (C=O) groups is 1. The Morgan fingerprint density at radius 1 is 1.65 bits per heavy atom. The van der Waals surface area contributed by atoms with E-state index in [0.29, 0.717) is 15.8 Å². The summed E-state index contributed by atoms with van der Waals surface area (Å²) in [6.07, 6.45) is 1.61. The number of nitro benzene ring substituents is 1. The van der Waals surface area contributed by atoms with Crippen molar-refractivity contribution in [3.63, 3.8) is 0 Å². The molecule has 5 nitrogen and oxygen atoms in total. The Labute approximate surface area is 112 Å². The van der Waals surface area contributed by atoms with Gasteiger partial charge in [0.1, 0.15) is 0 Å². The lowest BCUT2D eigenvalue weighted by Gasteiger charge is -2.20. The molecule has 6 heteroatoms. The van der Waals surface area contributed by atoms with Crippen LogP contribution in [0.2, 0.25) is 0 Å². The van der Waals surface area contributed by atoms with Crippen molar-refractivity contribution in [1.82, 2.24) is 0 Å². The van der Waals surface area contributed by atoms with Crippen LogP contribution in [0.15, 0.2) is 30.9 Å². The molecule has 1 aromatic rings. The minimum Gasteiger partial charge on any atom is -0.308 e. The molecule has 0 aliphatic rings. The van der Waals surface area contributed by atoms with E-state index in [9.17, 15) is 14.9 Å². The normalized spacial score (nSPS) is 9.76. The Morgan fingerprint density at radius 3 is 2.71 bits per heavy atom. The molecule has 1 amide bonds. The number of non-ortho nitro benzene ring substituents is 1. The van der Waals surface area contributed by atoms with E-state index >= 15 is 0 Å². The molecule has 90 valence electrons. The number of rotatable bonds is 4. The van der Waals surface area contributed by atoms with Crippen molar-refractivity contribution in [2.24, 2.45) is 0 Å². The van der Waals surface area contributed by atoms with Gasteiger partial charge in [-0.3, -0.25) is 14.9 Å². The maximum atomic E-state index is 11.4. The molecule has 0 heterocycles. The first-order valence-corrected chi connectivity index (χ1v) is 5.88. The largest absolute Gasteiger partial charge is 0.308 e. The van der Waals surface area contributed by atoms with Crippen molar-refractivity contribution < 1.29 is 9.72 Å². The molecule has 0 aromatic heterocycles. The van der Waals surface area contributed by atoms with Gasteiger partial charge in [-0.25, -0.2) is 0 Å². The van der Waals surface area contributed by atoms with E-state index in [-0.39, 0.29) is 11.6 Å². The Kier molecular flexibility index (Phi) is 4.62. The number of nitro groups is 1. The zero-order valence-corrected chi connectivity index (χ0v) is 11.4. The number of carbonyl (C=O) groups excluding carboxylic acids is 1. The van der Waals surface area contributed by atoms with Gasteiger partial charge in [-0.2, -0.15) is 0 Å². The Bertz CT molecular complexity index is 474. The Balaban J connectivity index is 3.17. The highest BCUT2D eigenvalue weighted by Gasteiger charge is 2.16. The molecule has 0 aliphatic carbocycles. The minimum atomic E-state index is -0.461. The van der Waals surface area contributed by atoms with Gasteiger partial charge in [0, 0.05) is 29.2 Å². The molecular formula is C11H11IN2O3. The van der Waals surface area contributed by atoms with Gasteiger partial charge in [0.15, 0.2) is 0 Å². The molecule has 0 saturated carbocycles. The first-order chi connectivity index (χ1) is 7.97. The Hall–Kier alpha value is -1.44. The van der Waals surface area contributed by atoms with E-state index in [2.05, 4.69) is 6.58 Å². The number of amides is 1. The second-order valence-corrected chi connectivity index (χ2v) is 4.47. The SMILES string of the molecule is C=CCN(C(C)=O)c1ccc([N+](=O)[O-])cc1I. The van der Waals surface area contributed by atoms with Crippen LogP contribution < -0.4 is 4.90 Å². The smallest absolute Gasteiger partial charge is 0.270 e. The van der Waals surface area contributed by atoms with Gasteiger partial charge in [0.2, 0.25) is 5.91 Å². The molecule has 0 bridgehead atoms.